The third-order valence-corrected chi connectivity index (χ3v) is 3.73. The smallest absolute Gasteiger partial charge is 0.303 e. The molecule has 0 radical (unpaired) electrons. The van der Waals surface area contributed by atoms with Gasteiger partial charge in [-0.05, 0) is 37.6 Å². The normalized spacial score (nSPS) is 19.4. The molecule has 1 fully saturated rings. The zero-order valence-corrected chi connectivity index (χ0v) is 12.0. The Bertz CT molecular complexity index is 310. The van der Waals surface area contributed by atoms with Crippen LogP contribution in [0.15, 0.2) is 0 Å². The Kier molecular flexibility index (Phi) is 6.28. The van der Waals surface area contributed by atoms with Crippen LogP contribution in [-0.4, -0.2) is 36.1 Å². The fourth-order valence-electron chi connectivity index (χ4n) is 2.34. The van der Waals surface area contributed by atoms with Crippen molar-refractivity contribution in [2.24, 2.45) is 5.41 Å². The van der Waals surface area contributed by atoms with Crippen LogP contribution in [0.3, 0.4) is 0 Å². The van der Waals surface area contributed by atoms with Crippen LogP contribution < -0.4 is 10.6 Å². The highest BCUT2D eigenvalue weighted by atomic mass is 16.4. The van der Waals surface area contributed by atoms with E-state index in [9.17, 15) is 9.59 Å². The molecule has 0 spiro atoms. The van der Waals surface area contributed by atoms with Crippen molar-refractivity contribution >= 4 is 11.9 Å². The Labute approximate surface area is 115 Å². The molecule has 19 heavy (non-hydrogen) atoms. The number of rotatable bonds is 8. The molecule has 3 N–H and O–H groups in total. The van der Waals surface area contributed by atoms with Crippen molar-refractivity contribution in [2.75, 3.05) is 13.1 Å². The average molecular weight is 270 g/mol. The Morgan fingerprint density at radius 1 is 1.37 bits per heavy atom. The second kappa shape index (κ2) is 7.48. The van der Waals surface area contributed by atoms with Gasteiger partial charge in [-0.15, -0.1) is 0 Å². The van der Waals surface area contributed by atoms with E-state index in [2.05, 4.69) is 10.6 Å². The molecule has 1 amide bonds. The van der Waals surface area contributed by atoms with Gasteiger partial charge in [-0.25, -0.2) is 0 Å². The monoisotopic (exact) mass is 270 g/mol. The van der Waals surface area contributed by atoms with Gasteiger partial charge in [0.15, 0.2) is 0 Å². The number of hydrogen-bond acceptors (Lipinski definition) is 3. The minimum atomic E-state index is -0.760. The number of carboxylic acids is 1. The lowest BCUT2D eigenvalue weighted by molar-refractivity contribution is -0.137. The predicted octanol–water partition coefficient (Wildman–Crippen LogP) is 1.53. The number of hydrogen-bond donors (Lipinski definition) is 3. The summed E-state index contributed by atoms with van der Waals surface area (Å²) >= 11 is 0. The van der Waals surface area contributed by atoms with Gasteiger partial charge in [0, 0.05) is 25.4 Å². The number of carbonyl (C=O) groups is 2. The van der Waals surface area contributed by atoms with E-state index in [1.54, 1.807) is 0 Å². The molecule has 5 heteroatoms. The summed E-state index contributed by atoms with van der Waals surface area (Å²) in [5.41, 5.74) is -0.0444. The number of nitrogens with one attached hydrogen (secondary N) is 2. The van der Waals surface area contributed by atoms with Gasteiger partial charge >= 0.3 is 5.97 Å². The molecule has 1 atom stereocenters. The fraction of sp³-hybridized carbons (Fsp3) is 0.857. The molecule has 1 aliphatic heterocycles. The summed E-state index contributed by atoms with van der Waals surface area (Å²) in [7, 11) is 0. The van der Waals surface area contributed by atoms with Gasteiger partial charge in [0.05, 0.1) is 0 Å². The van der Waals surface area contributed by atoms with Crippen molar-refractivity contribution in [2.45, 2.75) is 58.4 Å². The molecular weight excluding hydrogens is 244 g/mol. The van der Waals surface area contributed by atoms with E-state index in [4.69, 9.17) is 5.11 Å². The van der Waals surface area contributed by atoms with E-state index < -0.39 is 5.97 Å². The Morgan fingerprint density at radius 3 is 2.68 bits per heavy atom. The molecule has 0 saturated carbocycles. The van der Waals surface area contributed by atoms with E-state index in [1.807, 2.05) is 13.8 Å². The average Bonchev–Trinajstić information content (AvgIpc) is 2.79. The molecule has 110 valence electrons. The SMILES string of the molecule is CC(C)(CCNC(=O)CC1CCCN1)CCC(=O)O. The highest BCUT2D eigenvalue weighted by Crippen LogP contribution is 2.26. The zero-order valence-electron chi connectivity index (χ0n) is 12.0. The van der Waals surface area contributed by atoms with E-state index in [-0.39, 0.29) is 17.7 Å². The second-order valence-electron chi connectivity index (χ2n) is 6.16. The Morgan fingerprint density at radius 2 is 2.11 bits per heavy atom. The lowest BCUT2D eigenvalue weighted by atomic mass is 9.84. The first kappa shape index (κ1) is 16.0. The third kappa shape index (κ3) is 7.15. The number of amides is 1. The number of carboxylic acid groups (broad SMARTS) is 1. The van der Waals surface area contributed by atoms with Crippen LogP contribution in [0, 0.1) is 5.41 Å². The van der Waals surface area contributed by atoms with Gasteiger partial charge in [-0.1, -0.05) is 13.8 Å². The summed E-state index contributed by atoms with van der Waals surface area (Å²) in [6, 6.07) is 0.333. The van der Waals surface area contributed by atoms with Crippen LogP contribution in [-0.2, 0) is 9.59 Å². The molecule has 1 unspecified atom stereocenters. The molecule has 1 heterocycles. The molecule has 0 aromatic heterocycles. The van der Waals surface area contributed by atoms with Gasteiger partial charge < -0.3 is 15.7 Å². The van der Waals surface area contributed by atoms with Crippen molar-refractivity contribution in [3.8, 4) is 0 Å². The maximum Gasteiger partial charge on any atom is 0.303 e. The first-order chi connectivity index (χ1) is 8.89. The second-order valence-corrected chi connectivity index (χ2v) is 6.16. The van der Waals surface area contributed by atoms with Crippen LogP contribution in [0.2, 0.25) is 0 Å². The minimum absolute atomic E-state index is 0.0444. The van der Waals surface area contributed by atoms with Crippen LogP contribution in [0.4, 0.5) is 0 Å². The largest absolute Gasteiger partial charge is 0.481 e. The summed E-state index contributed by atoms with van der Waals surface area (Å²) in [6.45, 7) is 5.72. The molecule has 0 bridgehead atoms. The van der Waals surface area contributed by atoms with Crippen LogP contribution >= 0.6 is 0 Å². The van der Waals surface area contributed by atoms with Crippen LogP contribution in [0.1, 0.15) is 52.4 Å². The maximum atomic E-state index is 11.7. The van der Waals surface area contributed by atoms with E-state index in [0.29, 0.717) is 25.4 Å². The van der Waals surface area contributed by atoms with Crippen molar-refractivity contribution in [1.29, 1.82) is 0 Å². The quantitative estimate of drug-likeness (QED) is 0.625. The molecule has 0 aromatic carbocycles. The predicted molar refractivity (Wildman–Crippen MR) is 73.9 cm³/mol. The van der Waals surface area contributed by atoms with Crippen LogP contribution in [0.5, 0.6) is 0 Å². The molecular formula is C14H26N2O3. The fourth-order valence-corrected chi connectivity index (χ4v) is 2.34. The summed E-state index contributed by atoms with van der Waals surface area (Å²) in [5, 5.41) is 14.9. The lowest BCUT2D eigenvalue weighted by Gasteiger charge is -2.24. The molecule has 1 saturated heterocycles. The molecule has 0 aliphatic carbocycles. The number of aliphatic carboxylic acids is 1. The van der Waals surface area contributed by atoms with Gasteiger partial charge in [0.25, 0.3) is 0 Å². The van der Waals surface area contributed by atoms with Gasteiger partial charge in [0.2, 0.25) is 5.91 Å². The molecule has 1 rings (SSSR count). The first-order valence-electron chi connectivity index (χ1n) is 7.11. The van der Waals surface area contributed by atoms with Crippen molar-refractivity contribution in [3.63, 3.8) is 0 Å². The van der Waals surface area contributed by atoms with Gasteiger partial charge in [-0.2, -0.15) is 0 Å². The summed E-state index contributed by atoms with van der Waals surface area (Å²) < 4.78 is 0. The first-order valence-corrected chi connectivity index (χ1v) is 7.11. The Balaban J connectivity index is 2.13. The highest BCUT2D eigenvalue weighted by Gasteiger charge is 2.20. The van der Waals surface area contributed by atoms with E-state index >= 15 is 0 Å². The topological polar surface area (TPSA) is 78.4 Å². The third-order valence-electron chi connectivity index (χ3n) is 3.73. The summed E-state index contributed by atoms with van der Waals surface area (Å²) in [5.74, 6) is -0.669. The van der Waals surface area contributed by atoms with Crippen molar-refractivity contribution < 1.29 is 14.7 Å². The molecule has 0 aromatic rings. The van der Waals surface area contributed by atoms with Crippen molar-refractivity contribution in [1.82, 2.24) is 10.6 Å². The standard InChI is InChI=1S/C14H26N2O3/c1-14(2,6-5-13(18)19)7-9-16-12(17)10-11-4-3-8-15-11/h11,15H,3-10H2,1-2H3,(H,16,17)(H,18,19). The van der Waals surface area contributed by atoms with Gasteiger partial charge in [0.1, 0.15) is 0 Å². The minimum Gasteiger partial charge on any atom is -0.481 e. The summed E-state index contributed by atoms with van der Waals surface area (Å²) in [4.78, 5) is 22.3. The van der Waals surface area contributed by atoms with Crippen molar-refractivity contribution in [3.05, 3.63) is 0 Å². The van der Waals surface area contributed by atoms with Crippen LogP contribution in [0.25, 0.3) is 0 Å². The lowest BCUT2D eigenvalue weighted by Crippen LogP contribution is -2.33. The van der Waals surface area contributed by atoms with Gasteiger partial charge in [-0.3, -0.25) is 9.59 Å². The molecule has 1 aliphatic rings. The van der Waals surface area contributed by atoms with E-state index in [0.717, 1.165) is 25.8 Å². The Hall–Kier alpha value is -1.10. The zero-order chi connectivity index (χ0) is 14.3. The van der Waals surface area contributed by atoms with E-state index in [1.165, 1.54) is 0 Å². The number of carbonyl (C=O) groups excluding carboxylic acids is 1. The molecule has 5 nitrogen and oxygen atoms in total. The maximum absolute atomic E-state index is 11.7. The highest BCUT2D eigenvalue weighted by molar-refractivity contribution is 5.76. The summed E-state index contributed by atoms with van der Waals surface area (Å²) in [6.07, 6.45) is 4.42.